The van der Waals surface area contributed by atoms with Crippen LogP contribution in [0.2, 0.25) is 5.02 Å². The van der Waals surface area contributed by atoms with Gasteiger partial charge < -0.3 is 19.9 Å². The zero-order valence-electron chi connectivity index (χ0n) is 20.0. The summed E-state index contributed by atoms with van der Waals surface area (Å²) in [7, 11) is 0. The first-order valence-electron chi connectivity index (χ1n) is 11.7. The second-order valence-electron chi connectivity index (χ2n) is 8.64. The fourth-order valence-corrected chi connectivity index (χ4v) is 4.35. The summed E-state index contributed by atoms with van der Waals surface area (Å²) in [4.78, 5) is 38.0. The fraction of sp³-hybridized carbons (Fsp3) is 0.320. The first-order chi connectivity index (χ1) is 17.0. The highest BCUT2D eigenvalue weighted by molar-refractivity contribution is 6.30. The number of fused-ring (bicyclic) bond motifs is 2. The molecule has 1 aliphatic heterocycles. The average molecular weight is 568 g/mol. The van der Waals surface area contributed by atoms with Gasteiger partial charge in [-0.3, -0.25) is 9.88 Å². The third-order valence-electron chi connectivity index (χ3n) is 6.11. The summed E-state index contributed by atoms with van der Waals surface area (Å²) >= 11 is 5.95. The molecule has 198 valence electrons. The van der Waals surface area contributed by atoms with Crippen LogP contribution in [0.25, 0.3) is 22.1 Å². The molecule has 9 nitrogen and oxygen atoms in total. The van der Waals surface area contributed by atoms with E-state index in [1.165, 1.54) is 5.56 Å². The van der Waals surface area contributed by atoms with Gasteiger partial charge in [-0.15, -0.1) is 24.8 Å². The first-order valence-corrected chi connectivity index (χ1v) is 12.1. The molecule has 1 aliphatic rings. The number of hydrogen-bond donors (Lipinski definition) is 3. The van der Waals surface area contributed by atoms with Crippen molar-refractivity contribution in [2.75, 3.05) is 39.3 Å². The molecule has 3 N–H and O–H groups in total. The summed E-state index contributed by atoms with van der Waals surface area (Å²) in [5.41, 5.74) is 2.92. The highest BCUT2D eigenvalue weighted by Gasteiger charge is 2.20. The molecule has 5 rings (SSSR count). The van der Waals surface area contributed by atoms with Crippen LogP contribution in [0.3, 0.4) is 0 Å². The summed E-state index contributed by atoms with van der Waals surface area (Å²) < 4.78 is 5.85. The minimum atomic E-state index is -0.277. The average Bonchev–Trinajstić information content (AvgIpc) is 3.22. The molecule has 1 saturated heterocycles. The standard InChI is InChI=1S/C25H27ClN6O3.2ClH/c26-19-4-2-17(3-5-19)16-31-9-11-32(12-10-31)25(34)27-8-1-13-35-20-6-7-21-18(14-20)15-22-23(28-21)30-24(33)29-22;;/h2-7,14-15H,1,8-13,16H2,(H,27,34)(H2,28,29,30,33);2*1H. The predicted octanol–water partition coefficient (Wildman–Crippen LogP) is 4.20. The molecule has 0 atom stereocenters. The maximum atomic E-state index is 12.5. The Morgan fingerprint density at radius 3 is 2.54 bits per heavy atom. The van der Waals surface area contributed by atoms with Gasteiger partial charge in [-0.05, 0) is 48.4 Å². The largest absolute Gasteiger partial charge is 0.494 e. The molecule has 37 heavy (non-hydrogen) atoms. The minimum Gasteiger partial charge on any atom is -0.494 e. The summed E-state index contributed by atoms with van der Waals surface area (Å²) in [5, 5.41) is 4.61. The summed E-state index contributed by atoms with van der Waals surface area (Å²) in [5.74, 6) is 0.722. The number of piperazine rings is 1. The first kappa shape index (κ1) is 28.6. The monoisotopic (exact) mass is 566 g/mol. The van der Waals surface area contributed by atoms with Crippen LogP contribution in [0.1, 0.15) is 12.0 Å². The molecular weight excluding hydrogens is 539 g/mol. The van der Waals surface area contributed by atoms with Gasteiger partial charge >= 0.3 is 11.7 Å². The van der Waals surface area contributed by atoms with E-state index in [1.54, 1.807) is 0 Å². The van der Waals surface area contributed by atoms with Crippen molar-refractivity contribution in [1.29, 1.82) is 0 Å². The van der Waals surface area contributed by atoms with Gasteiger partial charge in [0.15, 0.2) is 5.65 Å². The van der Waals surface area contributed by atoms with Crippen molar-refractivity contribution >= 4 is 64.5 Å². The number of aromatic nitrogens is 3. The van der Waals surface area contributed by atoms with Gasteiger partial charge in [0, 0.05) is 49.7 Å². The Bertz CT molecular complexity index is 1380. The van der Waals surface area contributed by atoms with E-state index in [4.69, 9.17) is 16.3 Å². The van der Waals surface area contributed by atoms with Gasteiger partial charge in [0.2, 0.25) is 0 Å². The van der Waals surface area contributed by atoms with E-state index >= 15 is 0 Å². The normalized spacial score (nSPS) is 13.7. The number of carbonyl (C=O) groups is 1. The van der Waals surface area contributed by atoms with Crippen LogP contribution in [-0.4, -0.2) is 70.1 Å². The van der Waals surface area contributed by atoms with Gasteiger partial charge in [-0.25, -0.2) is 14.6 Å². The van der Waals surface area contributed by atoms with E-state index in [0.717, 1.165) is 41.3 Å². The molecule has 0 aliphatic carbocycles. The molecule has 2 amide bonds. The molecule has 12 heteroatoms. The van der Waals surface area contributed by atoms with E-state index in [1.807, 2.05) is 53.4 Å². The number of benzene rings is 2. The van der Waals surface area contributed by atoms with Gasteiger partial charge in [-0.1, -0.05) is 23.7 Å². The lowest BCUT2D eigenvalue weighted by atomic mass is 10.2. The lowest BCUT2D eigenvalue weighted by molar-refractivity contribution is 0.135. The van der Waals surface area contributed by atoms with Crippen LogP contribution >= 0.6 is 36.4 Å². The maximum Gasteiger partial charge on any atom is 0.325 e. The van der Waals surface area contributed by atoms with Crippen LogP contribution in [0.4, 0.5) is 4.79 Å². The maximum absolute atomic E-state index is 12.5. The van der Waals surface area contributed by atoms with Crippen LogP contribution in [-0.2, 0) is 6.54 Å². The molecule has 0 bridgehead atoms. The Labute approximate surface area is 231 Å². The number of amides is 2. The lowest BCUT2D eigenvalue weighted by Gasteiger charge is -2.34. The smallest absolute Gasteiger partial charge is 0.325 e. The van der Waals surface area contributed by atoms with Crippen molar-refractivity contribution in [3.05, 3.63) is 69.6 Å². The zero-order chi connectivity index (χ0) is 24.2. The molecule has 3 heterocycles. The fourth-order valence-electron chi connectivity index (χ4n) is 4.22. The molecular formula is C25H29Cl3N6O3. The summed E-state index contributed by atoms with van der Waals surface area (Å²) in [6.07, 6.45) is 0.697. The molecule has 0 spiro atoms. The Balaban J connectivity index is 0.00000190. The minimum absolute atomic E-state index is 0. The topological polar surface area (TPSA) is 106 Å². The van der Waals surface area contributed by atoms with Crippen LogP contribution in [0, 0.1) is 0 Å². The Morgan fingerprint density at radius 1 is 1.03 bits per heavy atom. The van der Waals surface area contributed by atoms with E-state index < -0.39 is 0 Å². The van der Waals surface area contributed by atoms with E-state index in [2.05, 4.69) is 25.2 Å². The predicted molar refractivity (Wildman–Crippen MR) is 151 cm³/mol. The number of rotatable bonds is 7. The molecule has 1 fully saturated rings. The third kappa shape index (κ3) is 7.29. The van der Waals surface area contributed by atoms with Crippen molar-refractivity contribution in [1.82, 2.24) is 30.1 Å². The van der Waals surface area contributed by atoms with Crippen molar-refractivity contribution in [2.45, 2.75) is 13.0 Å². The number of pyridine rings is 1. The van der Waals surface area contributed by atoms with Crippen molar-refractivity contribution in [3.8, 4) is 5.75 Å². The van der Waals surface area contributed by atoms with Crippen molar-refractivity contribution < 1.29 is 9.53 Å². The SMILES string of the molecule is Cl.Cl.O=C(NCCCOc1ccc2nc3[nH]c(=O)[nH]c3cc2c1)N1CCN(Cc2ccc(Cl)cc2)CC1. The molecule has 2 aromatic carbocycles. The van der Waals surface area contributed by atoms with Crippen LogP contribution in [0.5, 0.6) is 5.75 Å². The number of nitrogens with one attached hydrogen (secondary N) is 3. The number of H-pyrrole nitrogens is 2. The van der Waals surface area contributed by atoms with Crippen LogP contribution < -0.4 is 15.7 Å². The van der Waals surface area contributed by atoms with Gasteiger partial charge in [0.1, 0.15) is 5.75 Å². The summed E-state index contributed by atoms with van der Waals surface area (Å²) in [6, 6.07) is 15.4. The van der Waals surface area contributed by atoms with Crippen molar-refractivity contribution in [2.24, 2.45) is 0 Å². The molecule has 0 radical (unpaired) electrons. The second-order valence-corrected chi connectivity index (χ2v) is 9.08. The number of urea groups is 1. The second kappa shape index (κ2) is 13.0. The number of nitrogens with zero attached hydrogens (tertiary/aromatic N) is 3. The van der Waals surface area contributed by atoms with E-state index in [9.17, 15) is 9.59 Å². The van der Waals surface area contributed by atoms with Crippen molar-refractivity contribution in [3.63, 3.8) is 0 Å². The number of carbonyl (C=O) groups excluding carboxylic acids is 1. The Kier molecular flexibility index (Phi) is 10.0. The number of halogens is 3. The number of ether oxygens (including phenoxy) is 1. The molecule has 0 unspecified atom stereocenters. The lowest BCUT2D eigenvalue weighted by Crippen LogP contribution is -2.51. The van der Waals surface area contributed by atoms with Gasteiger partial charge in [0.25, 0.3) is 0 Å². The van der Waals surface area contributed by atoms with Crippen LogP contribution in [0.15, 0.2) is 53.3 Å². The van der Waals surface area contributed by atoms with E-state index in [0.29, 0.717) is 43.8 Å². The highest BCUT2D eigenvalue weighted by atomic mass is 35.5. The highest BCUT2D eigenvalue weighted by Crippen LogP contribution is 2.22. The summed E-state index contributed by atoms with van der Waals surface area (Å²) in [6.45, 7) is 5.00. The van der Waals surface area contributed by atoms with E-state index in [-0.39, 0.29) is 36.5 Å². The quantitative estimate of drug-likeness (QED) is 0.290. The zero-order valence-corrected chi connectivity index (χ0v) is 22.4. The Hall–Kier alpha value is -2.98. The molecule has 4 aromatic rings. The number of aromatic amines is 2. The number of hydrogen-bond acceptors (Lipinski definition) is 5. The molecule has 2 aromatic heterocycles. The molecule has 0 saturated carbocycles. The van der Waals surface area contributed by atoms with Gasteiger partial charge in [-0.2, -0.15) is 0 Å². The van der Waals surface area contributed by atoms with Gasteiger partial charge in [0.05, 0.1) is 17.6 Å². The third-order valence-corrected chi connectivity index (χ3v) is 6.36. The Morgan fingerprint density at radius 2 is 1.78 bits per heavy atom. The number of imidazole rings is 1.